The maximum atomic E-state index is 2.26. The summed E-state index contributed by atoms with van der Waals surface area (Å²) >= 11 is 0. The lowest BCUT2D eigenvalue weighted by molar-refractivity contribution is 1.07. The standard InChI is InChI=1S/C9H18S4/c1-4-7-10-12-9(6-3)13-11-8-5-2/h4,7,9H,5-6,8H2,1-3H3/b7-4+. The number of hydrogen-bond donors (Lipinski definition) is 0. The highest BCUT2D eigenvalue weighted by Crippen LogP contribution is 2.41. The Kier molecular flexibility index (Phi) is 12.2. The third-order valence-electron chi connectivity index (χ3n) is 1.15. The molecule has 0 fully saturated rings. The molecule has 0 bridgehead atoms. The van der Waals surface area contributed by atoms with Crippen LogP contribution < -0.4 is 0 Å². The Morgan fingerprint density at radius 2 is 2.00 bits per heavy atom. The van der Waals surface area contributed by atoms with Crippen LogP contribution in [0.5, 0.6) is 0 Å². The minimum Gasteiger partial charge on any atom is -0.0930 e. The van der Waals surface area contributed by atoms with Crippen molar-refractivity contribution >= 4 is 43.2 Å². The summed E-state index contributed by atoms with van der Waals surface area (Å²) in [5.41, 5.74) is 0. The van der Waals surface area contributed by atoms with Gasteiger partial charge in [-0.2, -0.15) is 0 Å². The molecule has 4 heteroatoms. The van der Waals surface area contributed by atoms with E-state index in [-0.39, 0.29) is 0 Å². The average molecular weight is 255 g/mol. The highest BCUT2D eigenvalue weighted by atomic mass is 33.1. The van der Waals surface area contributed by atoms with Crippen molar-refractivity contribution in [2.45, 2.75) is 38.2 Å². The molecule has 0 aromatic carbocycles. The molecule has 0 aliphatic carbocycles. The minimum atomic E-state index is 0.734. The van der Waals surface area contributed by atoms with Crippen LogP contribution in [0.25, 0.3) is 0 Å². The summed E-state index contributed by atoms with van der Waals surface area (Å²) in [5.74, 6) is 1.27. The van der Waals surface area contributed by atoms with E-state index in [9.17, 15) is 0 Å². The lowest BCUT2D eigenvalue weighted by Gasteiger charge is -2.10. The third kappa shape index (κ3) is 9.44. The van der Waals surface area contributed by atoms with Crippen LogP contribution >= 0.6 is 43.2 Å². The van der Waals surface area contributed by atoms with Gasteiger partial charge in [0.15, 0.2) is 0 Å². The Bertz CT molecular complexity index is 125. The van der Waals surface area contributed by atoms with Crippen molar-refractivity contribution in [1.29, 1.82) is 0 Å². The molecular weight excluding hydrogens is 236 g/mol. The first kappa shape index (κ1) is 14.1. The first-order chi connectivity index (χ1) is 6.35. The summed E-state index contributed by atoms with van der Waals surface area (Å²) < 4.78 is 0.734. The Morgan fingerprint density at radius 1 is 1.23 bits per heavy atom. The summed E-state index contributed by atoms with van der Waals surface area (Å²) in [6.45, 7) is 6.55. The molecule has 1 unspecified atom stereocenters. The number of rotatable bonds is 8. The molecule has 0 heterocycles. The summed E-state index contributed by atoms with van der Waals surface area (Å²) in [7, 11) is 7.84. The van der Waals surface area contributed by atoms with E-state index < -0.39 is 0 Å². The van der Waals surface area contributed by atoms with E-state index >= 15 is 0 Å². The molecule has 0 saturated carbocycles. The van der Waals surface area contributed by atoms with Crippen LogP contribution in [0, 0.1) is 0 Å². The lowest BCUT2D eigenvalue weighted by atomic mass is 10.6. The topological polar surface area (TPSA) is 0 Å². The van der Waals surface area contributed by atoms with Crippen LogP contribution in [-0.4, -0.2) is 10.3 Å². The van der Waals surface area contributed by atoms with Gasteiger partial charge >= 0.3 is 0 Å². The first-order valence-corrected chi connectivity index (χ1v) is 9.22. The molecule has 1 atom stereocenters. The van der Waals surface area contributed by atoms with Crippen LogP contribution in [0.2, 0.25) is 0 Å². The van der Waals surface area contributed by atoms with Gasteiger partial charge in [-0.05, 0) is 25.2 Å². The first-order valence-electron chi connectivity index (χ1n) is 4.56. The fourth-order valence-electron chi connectivity index (χ4n) is 0.509. The van der Waals surface area contributed by atoms with Gasteiger partial charge in [-0.1, -0.05) is 63.1 Å². The van der Waals surface area contributed by atoms with Crippen LogP contribution in [-0.2, 0) is 0 Å². The molecule has 0 aliphatic rings. The fraction of sp³-hybridized carbons (Fsp3) is 0.778. The van der Waals surface area contributed by atoms with E-state index in [4.69, 9.17) is 0 Å². The van der Waals surface area contributed by atoms with Crippen LogP contribution in [0.1, 0.15) is 33.6 Å². The van der Waals surface area contributed by atoms with Gasteiger partial charge in [0.2, 0.25) is 0 Å². The van der Waals surface area contributed by atoms with Gasteiger partial charge < -0.3 is 0 Å². The normalized spacial score (nSPS) is 13.8. The maximum Gasteiger partial charge on any atom is 0.0710 e. The van der Waals surface area contributed by atoms with E-state index in [1.165, 1.54) is 18.6 Å². The van der Waals surface area contributed by atoms with Crippen molar-refractivity contribution in [3.05, 3.63) is 11.5 Å². The van der Waals surface area contributed by atoms with Crippen LogP contribution in [0.4, 0.5) is 0 Å². The van der Waals surface area contributed by atoms with Crippen molar-refractivity contribution in [3.63, 3.8) is 0 Å². The maximum absolute atomic E-state index is 2.26. The smallest absolute Gasteiger partial charge is 0.0710 e. The fourth-order valence-corrected chi connectivity index (χ4v) is 6.64. The molecule has 0 spiro atoms. The van der Waals surface area contributed by atoms with E-state index in [0.29, 0.717) is 0 Å². The van der Waals surface area contributed by atoms with Crippen molar-refractivity contribution in [3.8, 4) is 0 Å². The van der Waals surface area contributed by atoms with Gasteiger partial charge in [-0.25, -0.2) is 0 Å². The predicted octanol–water partition coefficient (Wildman–Crippen LogP) is 5.43. The lowest BCUT2D eigenvalue weighted by Crippen LogP contribution is -1.88. The Balaban J connectivity index is 3.39. The molecule has 0 N–H and O–H groups in total. The highest BCUT2D eigenvalue weighted by molar-refractivity contribution is 8.85. The minimum absolute atomic E-state index is 0.734. The average Bonchev–Trinajstić information content (AvgIpc) is 2.16. The van der Waals surface area contributed by atoms with Crippen LogP contribution in [0.3, 0.4) is 0 Å². The molecule has 0 aliphatic heterocycles. The van der Waals surface area contributed by atoms with Crippen molar-refractivity contribution in [2.75, 3.05) is 5.75 Å². The highest BCUT2D eigenvalue weighted by Gasteiger charge is 2.06. The molecule has 78 valence electrons. The molecule has 13 heavy (non-hydrogen) atoms. The molecule has 0 aromatic rings. The second-order valence-corrected chi connectivity index (χ2v) is 7.79. The van der Waals surface area contributed by atoms with Gasteiger partial charge in [0.25, 0.3) is 0 Å². The summed E-state index contributed by atoms with van der Waals surface area (Å²) in [5, 5.41) is 2.15. The molecule has 0 nitrogen and oxygen atoms in total. The van der Waals surface area contributed by atoms with Crippen molar-refractivity contribution in [1.82, 2.24) is 0 Å². The molecular formula is C9H18S4. The number of hydrogen-bond acceptors (Lipinski definition) is 4. The van der Waals surface area contributed by atoms with E-state index in [0.717, 1.165) is 4.58 Å². The SMILES string of the molecule is C/C=C/SSC(CC)SSCCC. The van der Waals surface area contributed by atoms with E-state index in [1.54, 1.807) is 0 Å². The molecule has 0 amide bonds. The molecule has 0 rings (SSSR count). The van der Waals surface area contributed by atoms with Gasteiger partial charge in [-0.3, -0.25) is 0 Å². The molecule has 0 aromatic heterocycles. The van der Waals surface area contributed by atoms with Crippen molar-refractivity contribution < 1.29 is 0 Å². The summed E-state index contributed by atoms with van der Waals surface area (Å²) in [6, 6.07) is 0. The summed E-state index contributed by atoms with van der Waals surface area (Å²) in [6.07, 6.45) is 4.62. The zero-order valence-corrected chi connectivity index (χ0v) is 11.8. The second-order valence-electron chi connectivity index (χ2n) is 2.42. The summed E-state index contributed by atoms with van der Waals surface area (Å²) in [4.78, 5) is 0. The van der Waals surface area contributed by atoms with Gasteiger partial charge in [0, 0.05) is 5.75 Å². The van der Waals surface area contributed by atoms with Crippen molar-refractivity contribution in [2.24, 2.45) is 0 Å². The Hall–Kier alpha value is 1.14. The zero-order chi connectivity index (χ0) is 9.94. The quantitative estimate of drug-likeness (QED) is 0.322. The second kappa shape index (κ2) is 11.2. The molecule has 0 saturated heterocycles. The van der Waals surface area contributed by atoms with E-state index in [1.807, 2.05) is 43.2 Å². The Labute approximate surface area is 98.3 Å². The van der Waals surface area contributed by atoms with Gasteiger partial charge in [0.05, 0.1) is 4.58 Å². The monoisotopic (exact) mass is 254 g/mol. The largest absolute Gasteiger partial charge is 0.0930 e. The molecule has 0 radical (unpaired) electrons. The van der Waals surface area contributed by atoms with Gasteiger partial charge in [0.1, 0.15) is 0 Å². The van der Waals surface area contributed by atoms with Gasteiger partial charge in [-0.15, -0.1) is 0 Å². The van der Waals surface area contributed by atoms with Crippen LogP contribution in [0.15, 0.2) is 11.5 Å². The number of allylic oxidation sites excluding steroid dienone is 1. The zero-order valence-electron chi connectivity index (χ0n) is 8.49. The van der Waals surface area contributed by atoms with E-state index in [2.05, 4.69) is 32.3 Å². The third-order valence-corrected chi connectivity index (χ3v) is 7.73. The Morgan fingerprint density at radius 3 is 2.54 bits per heavy atom. The predicted molar refractivity (Wildman–Crippen MR) is 74.4 cm³/mol.